The lowest BCUT2D eigenvalue weighted by molar-refractivity contribution is -0.137. The predicted molar refractivity (Wildman–Crippen MR) is 69.3 cm³/mol. The molecule has 0 heterocycles. The normalized spacial score (nSPS) is 10.7. The highest BCUT2D eigenvalue weighted by Crippen LogP contribution is 2.34. The summed E-state index contributed by atoms with van der Waals surface area (Å²) in [5.41, 5.74) is 1.83. The van der Waals surface area contributed by atoms with Crippen molar-refractivity contribution in [2.24, 2.45) is 0 Å². The highest BCUT2D eigenvalue weighted by molar-refractivity contribution is 5.66. The minimum Gasteiger partial charge on any atom is -0.504 e. The first-order valence-electron chi connectivity index (χ1n) is 6.07. The molecule has 0 atom stereocenters. The molecule has 4 nitrogen and oxygen atoms in total. The fraction of sp³-hybridized carbons (Fsp3) is 0.500. The lowest BCUT2D eigenvalue weighted by atomic mass is 9.97. The maximum Gasteiger partial charge on any atom is 0.303 e. The van der Waals surface area contributed by atoms with Crippen molar-refractivity contribution >= 4 is 5.97 Å². The molecular weight excluding hydrogens is 232 g/mol. The van der Waals surface area contributed by atoms with Crippen LogP contribution in [0.1, 0.15) is 43.7 Å². The molecule has 0 aromatic heterocycles. The fourth-order valence-corrected chi connectivity index (χ4v) is 1.80. The minimum atomic E-state index is -0.818. The zero-order valence-electron chi connectivity index (χ0n) is 11.1. The van der Waals surface area contributed by atoms with Crippen molar-refractivity contribution in [3.05, 3.63) is 23.3 Å². The number of carboxylic acid groups (broad SMARTS) is 1. The molecule has 0 aliphatic rings. The molecule has 0 spiro atoms. The Kier molecular flexibility index (Phi) is 5.01. The number of rotatable bonds is 6. The van der Waals surface area contributed by atoms with Crippen LogP contribution in [-0.4, -0.2) is 23.3 Å². The van der Waals surface area contributed by atoms with Crippen LogP contribution in [0.4, 0.5) is 0 Å². The number of phenols is 1. The van der Waals surface area contributed by atoms with E-state index in [0.717, 1.165) is 11.1 Å². The molecule has 100 valence electrons. The molecule has 1 aromatic rings. The Labute approximate surface area is 107 Å². The van der Waals surface area contributed by atoms with E-state index < -0.39 is 5.97 Å². The molecule has 0 aliphatic carbocycles. The summed E-state index contributed by atoms with van der Waals surface area (Å²) in [7, 11) is 1.51. The third-order valence-electron chi connectivity index (χ3n) is 2.90. The van der Waals surface area contributed by atoms with E-state index in [4.69, 9.17) is 9.84 Å². The molecule has 0 amide bonds. The molecule has 0 bridgehead atoms. The standard InChI is InChI=1S/C14H20O4/c1-9(2)11-7-10(5-4-6-13(15)16)14(17)12(8-11)18-3/h7-9,17H,4-6H2,1-3H3,(H,15,16). The molecule has 4 heteroatoms. The van der Waals surface area contributed by atoms with Crippen LogP contribution in [0.15, 0.2) is 12.1 Å². The van der Waals surface area contributed by atoms with Crippen LogP contribution in [-0.2, 0) is 11.2 Å². The number of carbonyl (C=O) groups is 1. The molecule has 0 fully saturated rings. The first-order valence-corrected chi connectivity index (χ1v) is 6.07. The second kappa shape index (κ2) is 6.28. The Bertz CT molecular complexity index is 424. The molecule has 18 heavy (non-hydrogen) atoms. The third-order valence-corrected chi connectivity index (χ3v) is 2.90. The number of aromatic hydroxyl groups is 1. The first kappa shape index (κ1) is 14.4. The van der Waals surface area contributed by atoms with E-state index in [1.807, 2.05) is 12.1 Å². The second-order valence-electron chi connectivity index (χ2n) is 4.63. The van der Waals surface area contributed by atoms with Crippen LogP contribution in [0.2, 0.25) is 0 Å². The van der Waals surface area contributed by atoms with Gasteiger partial charge in [-0.15, -0.1) is 0 Å². The molecule has 0 saturated carbocycles. The van der Waals surface area contributed by atoms with Crippen molar-refractivity contribution < 1.29 is 19.7 Å². The third kappa shape index (κ3) is 3.65. The van der Waals surface area contributed by atoms with Crippen molar-refractivity contribution in [2.75, 3.05) is 7.11 Å². The van der Waals surface area contributed by atoms with Gasteiger partial charge in [-0.2, -0.15) is 0 Å². The van der Waals surface area contributed by atoms with Gasteiger partial charge in [0.05, 0.1) is 7.11 Å². The first-order chi connectivity index (χ1) is 8.45. The highest BCUT2D eigenvalue weighted by Gasteiger charge is 2.12. The maximum atomic E-state index is 10.5. The number of benzene rings is 1. The van der Waals surface area contributed by atoms with Crippen LogP contribution in [0.5, 0.6) is 11.5 Å². The average molecular weight is 252 g/mol. The summed E-state index contributed by atoms with van der Waals surface area (Å²) < 4.78 is 5.14. The molecule has 0 radical (unpaired) electrons. The van der Waals surface area contributed by atoms with E-state index in [2.05, 4.69) is 13.8 Å². The van der Waals surface area contributed by atoms with Gasteiger partial charge in [0.2, 0.25) is 0 Å². The minimum absolute atomic E-state index is 0.105. The molecule has 0 saturated heterocycles. The maximum absolute atomic E-state index is 10.5. The van der Waals surface area contributed by atoms with Gasteiger partial charge in [-0.1, -0.05) is 19.9 Å². The quantitative estimate of drug-likeness (QED) is 0.816. The van der Waals surface area contributed by atoms with E-state index in [-0.39, 0.29) is 12.2 Å². The van der Waals surface area contributed by atoms with Crippen molar-refractivity contribution in [3.8, 4) is 11.5 Å². The van der Waals surface area contributed by atoms with E-state index in [1.165, 1.54) is 7.11 Å². The van der Waals surface area contributed by atoms with Gasteiger partial charge in [-0.3, -0.25) is 4.79 Å². The van der Waals surface area contributed by atoms with Gasteiger partial charge in [-0.05, 0) is 36.0 Å². The fourth-order valence-electron chi connectivity index (χ4n) is 1.80. The SMILES string of the molecule is COc1cc(C(C)C)cc(CCCC(=O)O)c1O. The highest BCUT2D eigenvalue weighted by atomic mass is 16.5. The Hall–Kier alpha value is -1.71. The summed E-state index contributed by atoms with van der Waals surface area (Å²) in [6.45, 7) is 4.12. The number of methoxy groups -OCH3 is 1. The lowest BCUT2D eigenvalue weighted by Crippen LogP contribution is -1.99. The largest absolute Gasteiger partial charge is 0.504 e. The summed E-state index contributed by atoms with van der Waals surface area (Å²) in [5.74, 6) is 0.0815. The average Bonchev–Trinajstić information content (AvgIpc) is 2.30. The Morgan fingerprint density at radius 3 is 2.56 bits per heavy atom. The van der Waals surface area contributed by atoms with Gasteiger partial charge in [0.25, 0.3) is 0 Å². The van der Waals surface area contributed by atoms with Crippen LogP contribution >= 0.6 is 0 Å². The lowest BCUT2D eigenvalue weighted by Gasteiger charge is -2.14. The summed E-state index contributed by atoms with van der Waals surface area (Å²) in [6.07, 6.45) is 1.15. The summed E-state index contributed by atoms with van der Waals surface area (Å²) in [5, 5.41) is 18.6. The number of phenolic OH excluding ortho intramolecular Hbond substituents is 1. The van der Waals surface area contributed by atoms with Crippen LogP contribution in [0.25, 0.3) is 0 Å². The van der Waals surface area contributed by atoms with Gasteiger partial charge < -0.3 is 14.9 Å². The van der Waals surface area contributed by atoms with Gasteiger partial charge in [-0.25, -0.2) is 0 Å². The molecule has 2 N–H and O–H groups in total. The van der Waals surface area contributed by atoms with Gasteiger partial charge in [0.15, 0.2) is 11.5 Å². The van der Waals surface area contributed by atoms with Crippen molar-refractivity contribution in [1.29, 1.82) is 0 Å². The Morgan fingerprint density at radius 2 is 2.06 bits per heavy atom. The van der Waals surface area contributed by atoms with Crippen molar-refractivity contribution in [2.45, 2.75) is 39.0 Å². The molecular formula is C14H20O4. The zero-order chi connectivity index (χ0) is 13.7. The van der Waals surface area contributed by atoms with E-state index in [9.17, 15) is 9.90 Å². The van der Waals surface area contributed by atoms with Crippen LogP contribution in [0.3, 0.4) is 0 Å². The van der Waals surface area contributed by atoms with E-state index in [0.29, 0.717) is 24.5 Å². The number of carboxylic acids is 1. The topological polar surface area (TPSA) is 66.8 Å². The second-order valence-corrected chi connectivity index (χ2v) is 4.63. The molecule has 1 aromatic carbocycles. The Balaban J connectivity index is 2.94. The van der Waals surface area contributed by atoms with E-state index in [1.54, 1.807) is 0 Å². The molecule has 0 unspecified atom stereocenters. The van der Waals surface area contributed by atoms with Gasteiger partial charge in [0, 0.05) is 6.42 Å². The Morgan fingerprint density at radius 1 is 1.39 bits per heavy atom. The number of hydrogen-bond acceptors (Lipinski definition) is 3. The number of ether oxygens (including phenoxy) is 1. The monoisotopic (exact) mass is 252 g/mol. The van der Waals surface area contributed by atoms with Crippen molar-refractivity contribution in [3.63, 3.8) is 0 Å². The summed E-state index contributed by atoms with van der Waals surface area (Å²) in [6, 6.07) is 3.74. The van der Waals surface area contributed by atoms with Gasteiger partial charge >= 0.3 is 5.97 Å². The smallest absolute Gasteiger partial charge is 0.303 e. The number of aliphatic carboxylic acids is 1. The summed E-state index contributed by atoms with van der Waals surface area (Å²) in [4.78, 5) is 10.5. The predicted octanol–water partition coefficient (Wildman–Crippen LogP) is 2.93. The molecule has 1 rings (SSSR count). The van der Waals surface area contributed by atoms with Gasteiger partial charge in [0.1, 0.15) is 0 Å². The molecule has 0 aliphatic heterocycles. The zero-order valence-corrected chi connectivity index (χ0v) is 11.1. The van der Waals surface area contributed by atoms with E-state index >= 15 is 0 Å². The van der Waals surface area contributed by atoms with Crippen molar-refractivity contribution in [1.82, 2.24) is 0 Å². The van der Waals surface area contributed by atoms with Crippen LogP contribution < -0.4 is 4.74 Å². The number of aryl methyl sites for hydroxylation is 1. The number of hydrogen-bond donors (Lipinski definition) is 2. The summed E-state index contributed by atoms with van der Waals surface area (Å²) >= 11 is 0. The van der Waals surface area contributed by atoms with Crippen LogP contribution in [0, 0.1) is 0 Å².